The second kappa shape index (κ2) is 6.55. The minimum atomic E-state index is -4.64. The van der Waals surface area contributed by atoms with Gasteiger partial charge in [-0.3, -0.25) is 0 Å². The Balaban J connectivity index is 0.000000312. The van der Waals surface area contributed by atoms with Gasteiger partial charge in [0.05, 0.1) is 6.61 Å². The highest BCUT2D eigenvalue weighted by Crippen LogP contribution is 2.31. The fourth-order valence-electron chi connectivity index (χ4n) is 1.56. The molecule has 1 fully saturated rings. The first-order valence-corrected chi connectivity index (χ1v) is 6.70. The largest absolute Gasteiger partial charge is 0.466 e. The summed E-state index contributed by atoms with van der Waals surface area (Å²) >= 11 is 0. The molecular weight excluding hydrogens is 283 g/mol. The fraction of sp³-hybridized carbons (Fsp3) is 0.625. The van der Waals surface area contributed by atoms with E-state index in [-0.39, 0.29) is 6.61 Å². The summed E-state index contributed by atoms with van der Waals surface area (Å²) in [5, 5.41) is 27.9. The van der Waals surface area contributed by atoms with Gasteiger partial charge in [-0.1, -0.05) is 0 Å². The summed E-state index contributed by atoms with van der Waals surface area (Å²) in [6, 6.07) is 0. The van der Waals surface area contributed by atoms with Gasteiger partial charge in [-0.15, -0.1) is 0 Å². The molecule has 2 heterocycles. The van der Waals surface area contributed by atoms with Crippen LogP contribution < -0.4 is 0 Å². The van der Waals surface area contributed by atoms with Gasteiger partial charge in [-0.05, 0) is 0 Å². The number of aliphatic hydroxyl groups excluding tert-OH is 3. The predicted molar refractivity (Wildman–Crippen MR) is 59.6 cm³/mol. The number of phosphoric acid groups is 1. The van der Waals surface area contributed by atoms with Crippen LogP contribution in [0, 0.1) is 0 Å². The number of hydrogen-bond acceptors (Lipinski definition) is 6. The maximum atomic E-state index is 9.58. The molecule has 19 heavy (non-hydrogen) atoms. The van der Waals surface area contributed by atoms with Crippen molar-refractivity contribution in [3.63, 3.8) is 0 Å². The number of aromatic amines is 1. The SMILES string of the molecule is O=P(O)(O)O.OC[C@H]1OC(c2ncc[nH]2)[C@H](O)[C@@H]1O. The Labute approximate surface area is 107 Å². The van der Waals surface area contributed by atoms with E-state index in [9.17, 15) is 10.2 Å². The molecule has 11 heteroatoms. The van der Waals surface area contributed by atoms with Crippen molar-refractivity contribution in [1.29, 1.82) is 0 Å². The quantitative estimate of drug-likeness (QED) is 0.294. The van der Waals surface area contributed by atoms with Crippen molar-refractivity contribution >= 4 is 7.82 Å². The van der Waals surface area contributed by atoms with E-state index in [1.54, 1.807) is 6.20 Å². The highest BCUT2D eigenvalue weighted by molar-refractivity contribution is 7.45. The van der Waals surface area contributed by atoms with Crippen LogP contribution in [0.2, 0.25) is 0 Å². The zero-order chi connectivity index (χ0) is 14.6. The van der Waals surface area contributed by atoms with Crippen LogP contribution in [-0.4, -0.2) is 64.9 Å². The number of nitrogens with one attached hydrogen (secondary N) is 1. The molecular formula is C8H15N2O8P. The first-order chi connectivity index (χ1) is 8.74. The van der Waals surface area contributed by atoms with Crippen molar-refractivity contribution in [3.05, 3.63) is 18.2 Å². The predicted octanol–water partition coefficient (Wildman–Crippen LogP) is -2.36. The summed E-state index contributed by atoms with van der Waals surface area (Å²) in [4.78, 5) is 28.3. The Kier molecular flexibility index (Phi) is 5.59. The molecule has 1 unspecified atom stereocenters. The first kappa shape index (κ1) is 16.2. The molecule has 4 atom stereocenters. The van der Waals surface area contributed by atoms with Gasteiger partial charge in [0.1, 0.15) is 30.2 Å². The van der Waals surface area contributed by atoms with Crippen molar-refractivity contribution in [2.45, 2.75) is 24.4 Å². The van der Waals surface area contributed by atoms with Gasteiger partial charge in [0, 0.05) is 12.4 Å². The highest BCUT2D eigenvalue weighted by Gasteiger charge is 2.44. The normalized spacial score (nSPS) is 30.8. The van der Waals surface area contributed by atoms with Crippen LogP contribution >= 0.6 is 7.82 Å². The zero-order valence-corrected chi connectivity index (χ0v) is 10.5. The average molecular weight is 298 g/mol. The van der Waals surface area contributed by atoms with Crippen LogP contribution in [0.25, 0.3) is 0 Å². The molecule has 2 rings (SSSR count). The Morgan fingerprint density at radius 2 is 1.89 bits per heavy atom. The van der Waals surface area contributed by atoms with E-state index in [1.165, 1.54) is 6.20 Å². The second-order valence-electron chi connectivity index (χ2n) is 3.75. The van der Waals surface area contributed by atoms with Crippen LogP contribution in [0.1, 0.15) is 11.9 Å². The minimum absolute atomic E-state index is 0.324. The molecule has 0 amide bonds. The van der Waals surface area contributed by atoms with E-state index < -0.39 is 32.2 Å². The third kappa shape index (κ3) is 4.97. The fourth-order valence-corrected chi connectivity index (χ4v) is 1.56. The van der Waals surface area contributed by atoms with Crippen LogP contribution in [0.4, 0.5) is 0 Å². The molecule has 0 radical (unpaired) electrons. The Hall–Kier alpha value is -0.840. The molecule has 0 saturated carbocycles. The van der Waals surface area contributed by atoms with Crippen molar-refractivity contribution in [1.82, 2.24) is 9.97 Å². The second-order valence-corrected chi connectivity index (χ2v) is 4.77. The van der Waals surface area contributed by atoms with Crippen molar-refractivity contribution in [2.24, 2.45) is 0 Å². The van der Waals surface area contributed by atoms with Crippen molar-refractivity contribution in [2.75, 3.05) is 6.61 Å². The number of hydrogen-bond donors (Lipinski definition) is 7. The van der Waals surface area contributed by atoms with Crippen molar-refractivity contribution in [3.8, 4) is 0 Å². The van der Waals surface area contributed by atoms with Gasteiger partial charge in [0.2, 0.25) is 0 Å². The van der Waals surface area contributed by atoms with Crippen LogP contribution in [0.5, 0.6) is 0 Å². The Morgan fingerprint density at radius 3 is 2.26 bits per heavy atom. The van der Waals surface area contributed by atoms with E-state index in [0.29, 0.717) is 5.82 Å². The third-order valence-corrected chi connectivity index (χ3v) is 2.33. The number of rotatable bonds is 2. The molecule has 0 aliphatic carbocycles. The maximum Gasteiger partial charge on any atom is 0.466 e. The van der Waals surface area contributed by atoms with Gasteiger partial charge >= 0.3 is 7.82 Å². The molecule has 1 aromatic rings. The summed E-state index contributed by atoms with van der Waals surface area (Å²) < 4.78 is 14.1. The lowest BCUT2D eigenvalue weighted by Gasteiger charge is -2.11. The molecule has 7 N–H and O–H groups in total. The lowest BCUT2D eigenvalue weighted by atomic mass is 10.1. The van der Waals surface area contributed by atoms with Crippen molar-refractivity contribution < 1.29 is 39.3 Å². The molecule has 0 spiro atoms. The number of aromatic nitrogens is 2. The van der Waals surface area contributed by atoms with E-state index >= 15 is 0 Å². The van der Waals surface area contributed by atoms with E-state index in [1.807, 2.05) is 0 Å². The molecule has 1 aliphatic heterocycles. The highest BCUT2D eigenvalue weighted by atomic mass is 31.2. The molecule has 110 valence electrons. The van der Waals surface area contributed by atoms with Gasteiger partial charge < -0.3 is 39.7 Å². The number of nitrogens with zero attached hydrogens (tertiary/aromatic N) is 1. The molecule has 1 aliphatic rings. The van der Waals surface area contributed by atoms with Gasteiger partial charge in [0.25, 0.3) is 0 Å². The minimum Gasteiger partial charge on any atom is -0.394 e. The topological polar surface area (TPSA) is 176 Å². The van der Waals surface area contributed by atoms with E-state index in [4.69, 9.17) is 29.1 Å². The van der Waals surface area contributed by atoms with Crippen LogP contribution in [0.3, 0.4) is 0 Å². The summed E-state index contributed by atoms with van der Waals surface area (Å²) in [5.41, 5.74) is 0. The summed E-state index contributed by atoms with van der Waals surface area (Å²) in [7, 11) is -4.64. The molecule has 10 nitrogen and oxygen atoms in total. The number of aliphatic hydroxyl groups is 3. The summed E-state index contributed by atoms with van der Waals surface area (Å²) in [5.74, 6) is 0.451. The lowest BCUT2D eigenvalue weighted by molar-refractivity contribution is -0.0250. The molecule has 0 aromatic carbocycles. The first-order valence-electron chi connectivity index (χ1n) is 5.14. The average Bonchev–Trinajstić information content (AvgIpc) is 2.87. The van der Waals surface area contributed by atoms with Crippen LogP contribution in [-0.2, 0) is 9.30 Å². The Morgan fingerprint density at radius 1 is 1.32 bits per heavy atom. The van der Waals surface area contributed by atoms with E-state index in [2.05, 4.69) is 9.97 Å². The number of H-pyrrole nitrogens is 1. The maximum absolute atomic E-state index is 9.58. The van der Waals surface area contributed by atoms with E-state index in [0.717, 1.165) is 0 Å². The van der Waals surface area contributed by atoms with Gasteiger partial charge in [0.15, 0.2) is 0 Å². The summed E-state index contributed by atoms with van der Waals surface area (Å²) in [6.07, 6.45) is -0.445. The van der Waals surface area contributed by atoms with Gasteiger partial charge in [-0.2, -0.15) is 0 Å². The lowest BCUT2D eigenvalue weighted by Crippen LogP contribution is -2.32. The molecule has 1 aromatic heterocycles. The monoisotopic (exact) mass is 298 g/mol. The van der Waals surface area contributed by atoms with Gasteiger partial charge in [-0.25, -0.2) is 9.55 Å². The van der Waals surface area contributed by atoms with Crippen LogP contribution in [0.15, 0.2) is 12.4 Å². The summed E-state index contributed by atoms with van der Waals surface area (Å²) in [6.45, 7) is -0.324. The Bertz CT molecular complexity index is 412. The molecule has 0 bridgehead atoms. The number of imidazole rings is 1. The number of ether oxygens (including phenoxy) is 1. The standard InChI is InChI=1S/C8H12N2O4.H3O4P/c11-3-4-5(12)6(13)7(14-4)8-9-1-2-10-8;1-5(2,3)4/h1-2,4-7,11-13H,3H2,(H,9,10);(H3,1,2,3,4)/t4-,5-,6-,7?;/m1./s1. The third-order valence-electron chi connectivity index (χ3n) is 2.33. The zero-order valence-electron chi connectivity index (χ0n) is 9.57. The molecule has 1 saturated heterocycles. The smallest absolute Gasteiger partial charge is 0.394 e.